The average molecular weight is 267 g/mol. The van der Waals surface area contributed by atoms with E-state index in [2.05, 4.69) is 19.6 Å². The number of rotatable bonds is 6. The van der Waals surface area contributed by atoms with E-state index in [0.717, 1.165) is 23.7 Å². The van der Waals surface area contributed by atoms with Gasteiger partial charge in [0.1, 0.15) is 0 Å². The molecule has 19 heavy (non-hydrogen) atoms. The predicted molar refractivity (Wildman–Crippen MR) is 89.5 cm³/mol. The molecule has 0 amide bonds. The van der Waals surface area contributed by atoms with E-state index < -0.39 is 0 Å². The summed E-state index contributed by atoms with van der Waals surface area (Å²) in [6, 6.07) is 0. The van der Waals surface area contributed by atoms with Gasteiger partial charge in [-0.25, -0.2) is 0 Å². The van der Waals surface area contributed by atoms with Gasteiger partial charge in [0.15, 0.2) is 0 Å². The van der Waals surface area contributed by atoms with Gasteiger partial charge < -0.3 is 0 Å². The Bertz CT molecular complexity index is 248. The zero-order valence-corrected chi connectivity index (χ0v) is 13.1. The molecular formula is C19H38. The van der Waals surface area contributed by atoms with E-state index in [1.165, 1.54) is 64.2 Å². The molecule has 0 saturated heterocycles. The van der Waals surface area contributed by atoms with Gasteiger partial charge in [0.25, 0.3) is 0 Å². The fourth-order valence-corrected chi connectivity index (χ4v) is 4.48. The molecule has 0 atom stereocenters. The van der Waals surface area contributed by atoms with Crippen LogP contribution in [0.4, 0.5) is 0 Å². The lowest BCUT2D eigenvalue weighted by atomic mass is 9.68. The molecule has 0 heterocycles. The van der Waals surface area contributed by atoms with Crippen molar-refractivity contribution in [1.29, 1.82) is 0 Å². The molecule has 0 aromatic heterocycles. The average Bonchev–Trinajstić information content (AvgIpc) is 2.48. The Morgan fingerprint density at radius 2 is 1.47 bits per heavy atom. The Labute approximate surface area is 124 Å². The highest BCUT2D eigenvalue weighted by Crippen LogP contribution is 2.42. The minimum absolute atomic E-state index is 0. The highest BCUT2D eigenvalue weighted by molar-refractivity contribution is 4.87. The van der Waals surface area contributed by atoms with Gasteiger partial charge in [-0.2, -0.15) is 0 Å². The molecule has 0 nitrogen and oxygen atoms in total. The molecule has 0 aromatic carbocycles. The van der Waals surface area contributed by atoms with Crippen LogP contribution in [0.2, 0.25) is 0 Å². The summed E-state index contributed by atoms with van der Waals surface area (Å²) >= 11 is 0. The molecule has 0 aromatic rings. The molecule has 2 saturated carbocycles. The molecular weight excluding hydrogens is 228 g/mol. The van der Waals surface area contributed by atoms with Gasteiger partial charge in [0.2, 0.25) is 0 Å². The Morgan fingerprint density at radius 3 is 2.00 bits per heavy atom. The van der Waals surface area contributed by atoms with Crippen molar-refractivity contribution in [2.75, 3.05) is 0 Å². The minimum Gasteiger partial charge on any atom is -0.103 e. The van der Waals surface area contributed by atoms with E-state index >= 15 is 0 Å². The van der Waals surface area contributed by atoms with Gasteiger partial charge in [-0.15, -0.1) is 6.58 Å². The van der Waals surface area contributed by atoms with Crippen LogP contribution in [0.3, 0.4) is 0 Å². The van der Waals surface area contributed by atoms with Crippen LogP contribution in [-0.2, 0) is 0 Å². The quantitative estimate of drug-likeness (QED) is 0.364. The molecule has 0 N–H and O–H groups in total. The summed E-state index contributed by atoms with van der Waals surface area (Å²) < 4.78 is 0. The molecule has 2 fully saturated rings. The van der Waals surface area contributed by atoms with Crippen LogP contribution < -0.4 is 0 Å². The third kappa shape index (κ3) is 4.65. The molecule has 2 aliphatic carbocycles. The highest BCUT2D eigenvalue weighted by Gasteiger charge is 2.29. The van der Waals surface area contributed by atoms with Crippen LogP contribution in [0, 0.1) is 23.7 Å². The van der Waals surface area contributed by atoms with Crippen LogP contribution >= 0.6 is 0 Å². The van der Waals surface area contributed by atoms with E-state index in [1.54, 1.807) is 12.8 Å². The number of hydrogen-bond donors (Lipinski definition) is 0. The molecule has 0 aliphatic heterocycles. The Balaban J connectivity index is 0.00000200. The van der Waals surface area contributed by atoms with Crippen molar-refractivity contribution in [1.82, 2.24) is 0 Å². The number of unbranched alkanes of at least 4 members (excludes halogenated alkanes) is 2. The molecule has 2 aliphatic rings. The number of hydrogen-bond acceptors (Lipinski definition) is 0. The summed E-state index contributed by atoms with van der Waals surface area (Å²) in [4.78, 5) is 0. The molecule has 2 rings (SSSR count). The maximum atomic E-state index is 3.97. The summed E-state index contributed by atoms with van der Waals surface area (Å²) in [7, 11) is 0. The first-order chi connectivity index (χ1) is 9.33. The lowest BCUT2D eigenvalue weighted by molar-refractivity contribution is 0.151. The van der Waals surface area contributed by atoms with Crippen LogP contribution in [0.1, 0.15) is 86.8 Å². The fourth-order valence-electron chi connectivity index (χ4n) is 4.48. The second-order valence-corrected chi connectivity index (χ2v) is 7.19. The molecule has 0 heteroatoms. The maximum Gasteiger partial charge on any atom is 0 e. The molecule has 0 unspecified atom stereocenters. The first kappa shape index (κ1) is 15.1. The summed E-state index contributed by atoms with van der Waals surface area (Å²) in [5.41, 5.74) is 0. The predicted octanol–water partition coefficient (Wildman–Crippen LogP) is 6.86. The van der Waals surface area contributed by atoms with Gasteiger partial charge in [0.05, 0.1) is 0 Å². The van der Waals surface area contributed by atoms with E-state index in [1.807, 2.05) is 0 Å². The molecule has 0 spiro atoms. The maximum absolute atomic E-state index is 3.97. The second kappa shape index (κ2) is 8.12. The number of allylic oxidation sites excluding steroid dienone is 1. The van der Waals surface area contributed by atoms with Crippen molar-refractivity contribution in [3.05, 3.63) is 12.7 Å². The lowest BCUT2D eigenvalue weighted by Gasteiger charge is -2.37. The minimum atomic E-state index is 0. The zero-order valence-electron chi connectivity index (χ0n) is 13.1. The van der Waals surface area contributed by atoms with Crippen LogP contribution in [-0.4, -0.2) is 0 Å². The fraction of sp³-hybridized carbons (Fsp3) is 0.895. The van der Waals surface area contributed by atoms with Crippen LogP contribution in [0.25, 0.3) is 0 Å². The monoisotopic (exact) mass is 266 g/mol. The summed E-state index contributed by atoms with van der Waals surface area (Å²) in [5, 5.41) is 0. The topological polar surface area (TPSA) is 0 Å². The van der Waals surface area contributed by atoms with Crippen molar-refractivity contribution in [2.45, 2.75) is 84.0 Å². The third-order valence-corrected chi connectivity index (χ3v) is 5.92. The summed E-state index contributed by atoms with van der Waals surface area (Å²) in [6.07, 6.45) is 20.0. The van der Waals surface area contributed by atoms with Gasteiger partial charge >= 0.3 is 0 Å². The van der Waals surface area contributed by atoms with Crippen LogP contribution in [0.15, 0.2) is 12.7 Å². The Hall–Kier alpha value is -0.260. The van der Waals surface area contributed by atoms with Crippen molar-refractivity contribution >= 4 is 0 Å². The summed E-state index contributed by atoms with van der Waals surface area (Å²) in [6.45, 7) is 6.28. The Morgan fingerprint density at radius 1 is 0.895 bits per heavy atom. The Kier molecular flexibility index (Phi) is 6.47. The first-order valence-corrected chi connectivity index (χ1v) is 8.96. The first-order valence-electron chi connectivity index (χ1n) is 8.96. The standard InChI is InChI=1S/C19H34.2H2/c1-3-5-6-7-17-10-14-19(15-11-17)18-12-8-16(4-2)9-13-18;;/h4,16-19H,2-3,5-15H2,1H3;2*1H. The molecule has 0 radical (unpaired) electrons. The van der Waals surface area contributed by atoms with Gasteiger partial charge in [-0.1, -0.05) is 51.5 Å². The van der Waals surface area contributed by atoms with Crippen molar-refractivity contribution in [3.63, 3.8) is 0 Å². The molecule has 114 valence electrons. The van der Waals surface area contributed by atoms with Crippen molar-refractivity contribution < 1.29 is 2.85 Å². The van der Waals surface area contributed by atoms with Gasteiger partial charge in [-0.3, -0.25) is 0 Å². The lowest BCUT2D eigenvalue weighted by Crippen LogP contribution is -2.25. The van der Waals surface area contributed by atoms with Gasteiger partial charge in [0, 0.05) is 2.85 Å². The largest absolute Gasteiger partial charge is 0.103 e. The third-order valence-electron chi connectivity index (χ3n) is 5.92. The SMILES string of the molecule is C=CC1CCC(C2CCC(CCCCC)CC2)CC1.[HH].[HH]. The smallest absolute Gasteiger partial charge is 0 e. The summed E-state index contributed by atoms with van der Waals surface area (Å²) in [5.74, 6) is 4.05. The van der Waals surface area contributed by atoms with Gasteiger partial charge in [-0.05, 0) is 62.2 Å². The van der Waals surface area contributed by atoms with Crippen molar-refractivity contribution in [3.8, 4) is 0 Å². The second-order valence-electron chi connectivity index (χ2n) is 7.19. The van der Waals surface area contributed by atoms with E-state index in [4.69, 9.17) is 0 Å². The normalized spacial score (nSPS) is 36.1. The van der Waals surface area contributed by atoms with E-state index in [-0.39, 0.29) is 2.85 Å². The van der Waals surface area contributed by atoms with E-state index in [9.17, 15) is 0 Å². The van der Waals surface area contributed by atoms with E-state index in [0.29, 0.717) is 0 Å². The highest BCUT2D eigenvalue weighted by atomic mass is 14.3. The molecule has 0 bridgehead atoms. The van der Waals surface area contributed by atoms with Crippen LogP contribution in [0.5, 0.6) is 0 Å². The zero-order chi connectivity index (χ0) is 13.5. The van der Waals surface area contributed by atoms with Crippen molar-refractivity contribution in [2.24, 2.45) is 23.7 Å².